The lowest BCUT2D eigenvalue weighted by Crippen LogP contribution is -2.69. The van der Waals surface area contributed by atoms with Crippen molar-refractivity contribution in [1.82, 2.24) is 0 Å². The number of ether oxygens (including phenoxy) is 2. The molecule has 6 nitrogen and oxygen atoms in total. The summed E-state index contributed by atoms with van der Waals surface area (Å²) in [6, 6.07) is 19.8. The van der Waals surface area contributed by atoms with E-state index in [1.165, 1.54) is 20.8 Å². The Morgan fingerprint density at radius 2 is 1.34 bits per heavy atom. The molecule has 0 spiro atoms. The van der Waals surface area contributed by atoms with Crippen molar-refractivity contribution in [3.05, 3.63) is 71.9 Å². The van der Waals surface area contributed by atoms with E-state index in [0.29, 0.717) is 5.20 Å². The van der Waals surface area contributed by atoms with Crippen LogP contribution in [0.1, 0.15) is 48.5 Å². The number of benzene rings is 2. The van der Waals surface area contributed by atoms with E-state index in [2.05, 4.69) is 20.8 Å². The Morgan fingerprint density at radius 1 is 0.886 bits per heavy atom. The van der Waals surface area contributed by atoms with E-state index in [4.69, 9.17) is 9.47 Å². The van der Waals surface area contributed by atoms with Gasteiger partial charge in [-0.05, 0) is 34.5 Å². The van der Waals surface area contributed by atoms with Crippen molar-refractivity contribution in [2.24, 2.45) is 0 Å². The molecule has 2 rings (SSSR count). The molecule has 0 saturated heterocycles. The number of rotatable bonds is 9. The summed E-state index contributed by atoms with van der Waals surface area (Å²) in [7, 11) is -3.08. The van der Waals surface area contributed by atoms with E-state index in [1.807, 2.05) is 60.7 Å². The van der Waals surface area contributed by atoms with Gasteiger partial charge in [0.2, 0.25) is 0 Å². The van der Waals surface area contributed by atoms with Gasteiger partial charge in [-0.1, -0.05) is 87.5 Å². The molecular weight excluding hydrogens is 460 g/mol. The number of aliphatic hydroxyl groups is 1. The number of carbonyl (C=O) groups is 3. The van der Waals surface area contributed by atoms with E-state index < -0.39 is 49.1 Å². The predicted octanol–water partition coefficient (Wildman–Crippen LogP) is 3.35. The average molecular weight is 497 g/mol. The minimum Gasteiger partial charge on any atom is -0.462 e. The van der Waals surface area contributed by atoms with Crippen molar-refractivity contribution < 1.29 is 29.0 Å². The largest absolute Gasteiger partial charge is 0.462 e. The molecule has 0 aliphatic rings. The Hall–Kier alpha value is -3.03. The second-order valence-electron chi connectivity index (χ2n) is 9.81. The molecule has 0 aromatic heterocycles. The zero-order valence-electron chi connectivity index (χ0n) is 21.6. The van der Waals surface area contributed by atoms with Crippen molar-refractivity contribution >= 4 is 36.2 Å². The van der Waals surface area contributed by atoms with Crippen LogP contribution in [0.5, 0.6) is 0 Å². The number of esters is 2. The summed E-state index contributed by atoms with van der Waals surface area (Å²) in [5.74, 6) is -1.86. The lowest BCUT2D eigenvalue weighted by Gasteiger charge is -2.47. The molecule has 0 saturated carbocycles. The van der Waals surface area contributed by atoms with Crippen LogP contribution in [-0.2, 0) is 23.9 Å². The lowest BCUT2D eigenvalue weighted by molar-refractivity contribution is -0.176. The fraction of sp³-hybridized carbons (Fsp3) is 0.393. The first-order valence-electron chi connectivity index (χ1n) is 11.7. The monoisotopic (exact) mass is 496 g/mol. The summed E-state index contributed by atoms with van der Waals surface area (Å²) in [6.07, 6.45) is 0.398. The minimum absolute atomic E-state index is 0.393. The van der Waals surface area contributed by atoms with Gasteiger partial charge >= 0.3 is 11.9 Å². The number of allylic oxidation sites excluding steroid dienone is 1. The van der Waals surface area contributed by atoms with Crippen molar-refractivity contribution in [1.29, 1.82) is 0 Å². The van der Waals surface area contributed by atoms with Crippen LogP contribution < -0.4 is 10.4 Å². The normalized spacial score (nSPS) is 15.0. The van der Waals surface area contributed by atoms with Gasteiger partial charge in [-0.15, -0.1) is 0 Å². The summed E-state index contributed by atoms with van der Waals surface area (Å²) in [6.45, 7) is 11.4. The van der Waals surface area contributed by atoms with E-state index in [9.17, 15) is 19.5 Å². The molecule has 0 bridgehead atoms. The van der Waals surface area contributed by atoms with Gasteiger partial charge in [0.05, 0.1) is 0 Å². The molecule has 0 unspecified atom stereocenters. The molecule has 0 fully saturated rings. The Morgan fingerprint density at radius 3 is 1.69 bits per heavy atom. The van der Waals surface area contributed by atoms with Crippen LogP contribution in [0.25, 0.3) is 0 Å². The van der Waals surface area contributed by atoms with Gasteiger partial charge in [0.25, 0.3) is 0 Å². The molecule has 0 amide bonds. The molecule has 0 aliphatic heterocycles. The highest BCUT2D eigenvalue weighted by Crippen LogP contribution is 2.42. The van der Waals surface area contributed by atoms with E-state index in [-0.39, 0.29) is 0 Å². The number of hydrogen-bond acceptors (Lipinski definition) is 6. The molecule has 0 heterocycles. The van der Waals surface area contributed by atoms with Crippen LogP contribution in [0.4, 0.5) is 0 Å². The van der Waals surface area contributed by atoms with Crippen molar-refractivity contribution in [2.45, 2.75) is 65.2 Å². The first kappa shape index (κ1) is 28.2. The summed E-state index contributed by atoms with van der Waals surface area (Å²) in [5, 5.41) is 13.7. The third-order valence-electron chi connectivity index (χ3n) is 6.31. The maximum absolute atomic E-state index is 14.3. The SMILES string of the molecule is C/C=C(\C(=O)[C@@](C)(O)[C@@H](COC(C)=O)OC(C)=O)[Si](c1ccccc1)(c1ccccc1)C(C)(C)C. The number of hydrogen-bond donors (Lipinski definition) is 1. The number of Topliss-reactive ketones (excluding diaryl/α,β-unsaturated/α-hetero) is 1. The molecule has 2 aromatic rings. The topological polar surface area (TPSA) is 89.9 Å². The van der Waals surface area contributed by atoms with E-state index in [0.717, 1.165) is 10.4 Å². The summed E-state index contributed by atoms with van der Waals surface area (Å²) < 4.78 is 10.3. The number of ketones is 1. The highest BCUT2D eigenvalue weighted by atomic mass is 28.3. The van der Waals surface area contributed by atoms with E-state index in [1.54, 1.807) is 13.0 Å². The minimum atomic E-state index is -3.08. The molecule has 35 heavy (non-hydrogen) atoms. The van der Waals surface area contributed by atoms with Crippen LogP contribution in [0, 0.1) is 0 Å². The van der Waals surface area contributed by atoms with Gasteiger partial charge in [-0.25, -0.2) is 0 Å². The van der Waals surface area contributed by atoms with Gasteiger partial charge in [0.1, 0.15) is 6.61 Å². The molecule has 2 aromatic carbocycles. The third kappa shape index (κ3) is 5.79. The first-order chi connectivity index (χ1) is 16.3. The molecule has 0 aliphatic carbocycles. The summed E-state index contributed by atoms with van der Waals surface area (Å²) in [4.78, 5) is 37.6. The van der Waals surface area contributed by atoms with Crippen LogP contribution in [0.3, 0.4) is 0 Å². The van der Waals surface area contributed by atoms with Gasteiger partial charge in [0, 0.05) is 13.8 Å². The summed E-state index contributed by atoms with van der Waals surface area (Å²) >= 11 is 0. The van der Waals surface area contributed by atoms with Crippen molar-refractivity contribution in [3.63, 3.8) is 0 Å². The Kier molecular flexibility index (Phi) is 8.98. The third-order valence-corrected chi connectivity index (χ3v) is 12.3. The zero-order chi connectivity index (χ0) is 26.4. The van der Waals surface area contributed by atoms with Crippen LogP contribution in [0.2, 0.25) is 5.04 Å². The predicted molar refractivity (Wildman–Crippen MR) is 139 cm³/mol. The van der Waals surface area contributed by atoms with Gasteiger partial charge in [-0.3, -0.25) is 14.4 Å². The van der Waals surface area contributed by atoms with Crippen molar-refractivity contribution in [2.75, 3.05) is 6.61 Å². The van der Waals surface area contributed by atoms with Crippen LogP contribution >= 0.6 is 0 Å². The van der Waals surface area contributed by atoms with E-state index >= 15 is 0 Å². The highest BCUT2D eigenvalue weighted by molar-refractivity contribution is 7.11. The standard InChI is InChI=1S/C28H36O6Si/c1-8-24(26(31)28(7,32)25(34-21(3)30)19-33-20(2)29)35(27(4,5)6,22-15-11-9-12-16-22)23-17-13-10-14-18-23/h8-18,25,32H,19H2,1-7H3/b24-8+/t25-,28+/m1/s1. The van der Waals surface area contributed by atoms with Crippen LogP contribution in [-0.4, -0.2) is 49.2 Å². The maximum Gasteiger partial charge on any atom is 0.303 e. The second kappa shape index (κ2) is 11.1. The Bertz CT molecular complexity index is 1030. The quantitative estimate of drug-likeness (QED) is 0.325. The molecule has 1 N–H and O–H groups in total. The van der Waals surface area contributed by atoms with Crippen LogP contribution in [0.15, 0.2) is 71.9 Å². The Balaban J connectivity index is 2.81. The highest BCUT2D eigenvalue weighted by Gasteiger charge is 2.56. The smallest absolute Gasteiger partial charge is 0.303 e. The maximum atomic E-state index is 14.3. The first-order valence-corrected chi connectivity index (χ1v) is 13.7. The fourth-order valence-electron chi connectivity index (χ4n) is 4.77. The van der Waals surface area contributed by atoms with Gasteiger partial charge in [0.15, 0.2) is 25.6 Å². The Labute approximate surface area is 209 Å². The van der Waals surface area contributed by atoms with Gasteiger partial charge in [-0.2, -0.15) is 0 Å². The fourth-order valence-corrected chi connectivity index (χ4v) is 10.7. The van der Waals surface area contributed by atoms with Crippen molar-refractivity contribution in [3.8, 4) is 0 Å². The second-order valence-corrected chi connectivity index (χ2v) is 14.5. The zero-order valence-corrected chi connectivity index (χ0v) is 22.6. The molecule has 2 atom stereocenters. The van der Waals surface area contributed by atoms with Gasteiger partial charge < -0.3 is 14.6 Å². The molecule has 7 heteroatoms. The summed E-state index contributed by atoms with van der Waals surface area (Å²) in [5.41, 5.74) is -2.14. The molecule has 0 radical (unpaired) electrons. The lowest BCUT2D eigenvalue weighted by atomic mass is 9.93. The average Bonchev–Trinajstić information content (AvgIpc) is 2.79. The molecular formula is C28H36O6Si. The number of carbonyl (C=O) groups excluding carboxylic acids is 3. The molecule has 188 valence electrons.